The molecule has 0 saturated heterocycles. The van der Waals surface area contributed by atoms with Gasteiger partial charge in [0, 0.05) is 24.0 Å². The fourth-order valence-electron chi connectivity index (χ4n) is 2.03. The van der Waals surface area contributed by atoms with Crippen molar-refractivity contribution in [2.75, 3.05) is 0 Å². The van der Waals surface area contributed by atoms with Crippen molar-refractivity contribution < 1.29 is 0 Å². The van der Waals surface area contributed by atoms with Gasteiger partial charge in [-0.2, -0.15) is 0 Å². The van der Waals surface area contributed by atoms with Crippen molar-refractivity contribution >= 4 is 11.3 Å². The summed E-state index contributed by atoms with van der Waals surface area (Å²) in [6.45, 7) is 2.15. The second-order valence-electron chi connectivity index (χ2n) is 4.46. The molecule has 0 aliphatic heterocycles. The van der Waals surface area contributed by atoms with Crippen LogP contribution in [0.15, 0.2) is 35.8 Å². The molecule has 0 fully saturated rings. The lowest BCUT2D eigenvalue weighted by Crippen LogP contribution is -2.37. The highest BCUT2D eigenvalue weighted by Crippen LogP contribution is 2.14. The zero-order valence-corrected chi connectivity index (χ0v) is 11.4. The van der Waals surface area contributed by atoms with E-state index in [0.717, 1.165) is 24.3 Å². The highest BCUT2D eigenvalue weighted by Gasteiger charge is 2.10. The molecule has 1 aromatic heterocycles. The molecule has 1 heterocycles. The lowest BCUT2D eigenvalue weighted by Gasteiger charge is -2.15. The zero-order chi connectivity index (χ0) is 12.8. The minimum absolute atomic E-state index is 0.288. The summed E-state index contributed by atoms with van der Waals surface area (Å²) in [7, 11) is 0. The smallest absolute Gasteiger partial charge is 0.0940 e. The molecule has 0 spiro atoms. The molecule has 1 aromatic carbocycles. The van der Waals surface area contributed by atoms with Crippen LogP contribution >= 0.6 is 11.3 Å². The van der Waals surface area contributed by atoms with Crippen LogP contribution in [0.1, 0.15) is 22.6 Å². The second kappa shape index (κ2) is 6.64. The predicted octanol–water partition coefficient (Wildman–Crippen LogP) is 2.46. The van der Waals surface area contributed by atoms with E-state index in [1.807, 2.05) is 11.6 Å². The first-order valence-corrected chi connectivity index (χ1v) is 7.06. The van der Waals surface area contributed by atoms with Gasteiger partial charge in [0.05, 0.1) is 5.01 Å². The number of thiazole rings is 1. The highest BCUT2D eigenvalue weighted by molar-refractivity contribution is 7.09. The molecule has 18 heavy (non-hydrogen) atoms. The Morgan fingerprint density at radius 1 is 1.39 bits per heavy atom. The average Bonchev–Trinajstić information content (AvgIpc) is 2.89. The maximum absolute atomic E-state index is 5.62. The molecule has 0 bridgehead atoms. The first-order valence-electron chi connectivity index (χ1n) is 6.18. The summed E-state index contributed by atoms with van der Waals surface area (Å²) >= 11 is 1.68. The van der Waals surface area contributed by atoms with Gasteiger partial charge in [-0.15, -0.1) is 11.3 Å². The van der Waals surface area contributed by atoms with E-state index in [2.05, 4.69) is 41.6 Å². The summed E-state index contributed by atoms with van der Waals surface area (Å²) in [6.07, 6.45) is 4.82. The molecule has 0 aliphatic carbocycles. The number of nitrogens with one attached hydrogen (secondary N) is 1. The van der Waals surface area contributed by atoms with Gasteiger partial charge in [-0.1, -0.05) is 24.3 Å². The molecule has 96 valence electrons. The third-order valence-corrected chi connectivity index (χ3v) is 3.97. The number of rotatable bonds is 6. The lowest BCUT2D eigenvalue weighted by molar-refractivity contribution is 0.490. The van der Waals surface area contributed by atoms with Crippen LogP contribution in [0.2, 0.25) is 0 Å². The molecule has 0 radical (unpaired) electrons. The van der Waals surface area contributed by atoms with Gasteiger partial charge < -0.3 is 0 Å². The van der Waals surface area contributed by atoms with Crippen LogP contribution in [-0.4, -0.2) is 11.0 Å². The van der Waals surface area contributed by atoms with Crippen LogP contribution in [0, 0.1) is 6.92 Å². The van der Waals surface area contributed by atoms with Gasteiger partial charge in [-0.25, -0.2) is 4.98 Å². The summed E-state index contributed by atoms with van der Waals surface area (Å²) in [5.74, 6) is 5.62. The molecule has 1 unspecified atom stereocenters. The number of nitrogens with two attached hydrogens (primary N) is 1. The number of hydrogen-bond donors (Lipinski definition) is 2. The largest absolute Gasteiger partial charge is 0.271 e. The fourth-order valence-corrected chi connectivity index (χ4v) is 2.73. The number of aromatic nitrogens is 1. The summed E-state index contributed by atoms with van der Waals surface area (Å²) < 4.78 is 0. The van der Waals surface area contributed by atoms with Crippen molar-refractivity contribution in [1.82, 2.24) is 10.4 Å². The van der Waals surface area contributed by atoms with E-state index < -0.39 is 0 Å². The Morgan fingerprint density at radius 3 is 2.89 bits per heavy atom. The maximum atomic E-state index is 5.62. The molecule has 3 N–H and O–H groups in total. The van der Waals surface area contributed by atoms with Gasteiger partial charge in [0.25, 0.3) is 0 Å². The maximum Gasteiger partial charge on any atom is 0.0940 e. The van der Waals surface area contributed by atoms with Gasteiger partial charge in [0.1, 0.15) is 0 Å². The Hall–Kier alpha value is -1.23. The Kier molecular flexibility index (Phi) is 4.87. The topological polar surface area (TPSA) is 50.9 Å². The molecule has 3 nitrogen and oxygen atoms in total. The summed E-state index contributed by atoms with van der Waals surface area (Å²) in [5.41, 5.74) is 5.65. The van der Waals surface area contributed by atoms with Crippen LogP contribution in [0.5, 0.6) is 0 Å². The molecule has 0 saturated carbocycles. The van der Waals surface area contributed by atoms with Gasteiger partial charge in [-0.05, 0) is 30.9 Å². The Morgan fingerprint density at radius 2 is 2.22 bits per heavy atom. The van der Waals surface area contributed by atoms with Crippen molar-refractivity contribution in [1.29, 1.82) is 0 Å². The van der Waals surface area contributed by atoms with Crippen molar-refractivity contribution in [3.05, 3.63) is 52.0 Å². The minimum atomic E-state index is 0.288. The molecule has 4 heteroatoms. The Balaban J connectivity index is 1.89. The molecule has 2 rings (SSSR count). The highest BCUT2D eigenvalue weighted by atomic mass is 32.1. The number of hydrogen-bond acceptors (Lipinski definition) is 4. The van der Waals surface area contributed by atoms with Gasteiger partial charge in [0.15, 0.2) is 0 Å². The van der Waals surface area contributed by atoms with Crippen LogP contribution in [0.4, 0.5) is 0 Å². The number of hydrazine groups is 1. The zero-order valence-electron chi connectivity index (χ0n) is 10.6. The molecular formula is C14H19N3S. The summed E-state index contributed by atoms with van der Waals surface area (Å²) in [6, 6.07) is 8.80. The van der Waals surface area contributed by atoms with Gasteiger partial charge in [0.2, 0.25) is 0 Å². The lowest BCUT2D eigenvalue weighted by atomic mass is 10.00. The van der Waals surface area contributed by atoms with Crippen LogP contribution < -0.4 is 11.3 Å². The van der Waals surface area contributed by atoms with E-state index in [9.17, 15) is 0 Å². The fraction of sp³-hybridized carbons (Fsp3) is 0.357. The standard InChI is InChI=1S/C14H19N3S/c1-11-4-2-3-5-12(11)6-7-13(17-15)10-14-16-8-9-18-14/h2-5,8-9,13,17H,6-7,10,15H2,1H3. The third-order valence-electron chi connectivity index (χ3n) is 3.16. The van der Waals surface area contributed by atoms with Crippen LogP contribution in [0.25, 0.3) is 0 Å². The predicted molar refractivity (Wildman–Crippen MR) is 76.4 cm³/mol. The first kappa shape index (κ1) is 13.2. The van der Waals surface area contributed by atoms with E-state index in [0.29, 0.717) is 0 Å². The van der Waals surface area contributed by atoms with E-state index in [1.165, 1.54) is 11.1 Å². The number of benzene rings is 1. The van der Waals surface area contributed by atoms with E-state index in [4.69, 9.17) is 5.84 Å². The number of nitrogens with zero attached hydrogens (tertiary/aromatic N) is 1. The first-order chi connectivity index (χ1) is 8.79. The monoisotopic (exact) mass is 261 g/mol. The quantitative estimate of drug-likeness (QED) is 0.620. The van der Waals surface area contributed by atoms with Crippen LogP contribution in [-0.2, 0) is 12.8 Å². The third kappa shape index (κ3) is 3.63. The second-order valence-corrected chi connectivity index (χ2v) is 5.44. The summed E-state index contributed by atoms with van der Waals surface area (Å²) in [5, 5.41) is 3.15. The van der Waals surface area contributed by atoms with E-state index >= 15 is 0 Å². The van der Waals surface area contributed by atoms with Crippen molar-refractivity contribution in [3.63, 3.8) is 0 Å². The minimum Gasteiger partial charge on any atom is -0.271 e. The number of aryl methyl sites for hydroxylation is 2. The van der Waals surface area contributed by atoms with Crippen molar-refractivity contribution in [2.24, 2.45) is 5.84 Å². The molecular weight excluding hydrogens is 242 g/mol. The van der Waals surface area contributed by atoms with E-state index in [-0.39, 0.29) is 6.04 Å². The molecule has 0 aliphatic rings. The normalized spacial score (nSPS) is 12.6. The Labute approximate surface area is 112 Å². The molecule has 1 atom stereocenters. The molecule has 2 aromatic rings. The molecule has 0 amide bonds. The summed E-state index contributed by atoms with van der Waals surface area (Å²) in [4.78, 5) is 4.30. The SMILES string of the molecule is Cc1ccccc1CCC(Cc1nccs1)NN. The Bertz CT molecular complexity index is 468. The average molecular weight is 261 g/mol. The van der Waals surface area contributed by atoms with Crippen molar-refractivity contribution in [3.8, 4) is 0 Å². The van der Waals surface area contributed by atoms with E-state index in [1.54, 1.807) is 11.3 Å². The van der Waals surface area contributed by atoms with Gasteiger partial charge in [-0.3, -0.25) is 11.3 Å². The van der Waals surface area contributed by atoms with Crippen LogP contribution in [0.3, 0.4) is 0 Å². The van der Waals surface area contributed by atoms with Gasteiger partial charge >= 0.3 is 0 Å². The van der Waals surface area contributed by atoms with Crippen molar-refractivity contribution in [2.45, 2.75) is 32.2 Å².